The van der Waals surface area contributed by atoms with Crippen molar-refractivity contribution in [1.82, 2.24) is 5.32 Å². The molecule has 0 aliphatic carbocycles. The van der Waals surface area contributed by atoms with Crippen LogP contribution in [0.2, 0.25) is 10.0 Å². The molecule has 0 heterocycles. The summed E-state index contributed by atoms with van der Waals surface area (Å²) in [4.78, 5) is 12.2. The van der Waals surface area contributed by atoms with Crippen molar-refractivity contribution < 1.29 is 9.53 Å². The molecule has 2 rings (SSSR count). The van der Waals surface area contributed by atoms with Crippen LogP contribution < -0.4 is 10.1 Å². The van der Waals surface area contributed by atoms with Gasteiger partial charge in [-0.15, -0.1) is 0 Å². The molecule has 0 spiro atoms. The van der Waals surface area contributed by atoms with Crippen molar-refractivity contribution in [2.45, 2.75) is 39.7 Å². The molecular weight excluding hydrogens is 357 g/mol. The molecule has 1 amide bonds. The number of aryl methyl sites for hydroxylation is 3. The van der Waals surface area contributed by atoms with Gasteiger partial charge in [-0.1, -0.05) is 35.3 Å². The number of benzene rings is 2. The average molecular weight is 380 g/mol. The first-order valence-electron chi connectivity index (χ1n) is 8.32. The Balaban J connectivity index is 1.77. The average Bonchev–Trinajstić information content (AvgIpc) is 2.57. The molecule has 134 valence electrons. The van der Waals surface area contributed by atoms with Gasteiger partial charge in [-0.2, -0.15) is 0 Å². The van der Waals surface area contributed by atoms with Crippen molar-refractivity contribution in [3.8, 4) is 5.75 Å². The summed E-state index contributed by atoms with van der Waals surface area (Å²) in [6.45, 7) is 6.19. The molecule has 0 aliphatic rings. The third-order valence-corrected chi connectivity index (χ3v) is 4.79. The molecule has 25 heavy (non-hydrogen) atoms. The maximum absolute atomic E-state index is 12.2. The predicted molar refractivity (Wildman–Crippen MR) is 104 cm³/mol. The van der Waals surface area contributed by atoms with Crippen molar-refractivity contribution in [1.29, 1.82) is 0 Å². The lowest BCUT2D eigenvalue weighted by molar-refractivity contribution is -0.127. The van der Waals surface area contributed by atoms with E-state index in [-0.39, 0.29) is 5.91 Å². The SMILES string of the molecule is Cc1cc(O[C@H](C)C(=O)NCCCc2ccc(Cl)cc2)cc(C)c1Cl. The largest absolute Gasteiger partial charge is 0.481 e. The molecule has 1 N–H and O–H groups in total. The molecule has 0 saturated carbocycles. The molecule has 1 atom stereocenters. The second-order valence-electron chi connectivity index (χ2n) is 6.15. The summed E-state index contributed by atoms with van der Waals surface area (Å²) in [6.07, 6.45) is 1.19. The molecule has 5 heteroatoms. The van der Waals surface area contributed by atoms with Crippen molar-refractivity contribution in [3.63, 3.8) is 0 Å². The fourth-order valence-corrected chi connectivity index (χ4v) is 2.77. The highest BCUT2D eigenvalue weighted by Crippen LogP contribution is 2.26. The predicted octanol–water partition coefficient (Wildman–Crippen LogP) is 5.13. The van der Waals surface area contributed by atoms with Gasteiger partial charge in [-0.25, -0.2) is 0 Å². The first kappa shape index (κ1) is 19.6. The Kier molecular flexibility index (Phi) is 7.15. The van der Waals surface area contributed by atoms with Gasteiger partial charge in [0.1, 0.15) is 5.75 Å². The van der Waals surface area contributed by atoms with Crippen LogP contribution in [0.25, 0.3) is 0 Å². The van der Waals surface area contributed by atoms with E-state index in [0.717, 1.165) is 34.0 Å². The smallest absolute Gasteiger partial charge is 0.260 e. The van der Waals surface area contributed by atoms with E-state index in [1.54, 1.807) is 6.92 Å². The molecule has 0 aromatic heterocycles. The monoisotopic (exact) mass is 379 g/mol. The Bertz CT molecular complexity index is 706. The molecule has 2 aromatic carbocycles. The van der Waals surface area contributed by atoms with E-state index in [1.807, 2.05) is 50.2 Å². The van der Waals surface area contributed by atoms with E-state index in [1.165, 1.54) is 5.56 Å². The first-order valence-corrected chi connectivity index (χ1v) is 9.08. The quantitative estimate of drug-likeness (QED) is 0.677. The summed E-state index contributed by atoms with van der Waals surface area (Å²) in [7, 11) is 0. The van der Waals surface area contributed by atoms with Crippen LogP contribution in [0.15, 0.2) is 36.4 Å². The summed E-state index contributed by atoms with van der Waals surface area (Å²) in [5.41, 5.74) is 3.08. The standard InChI is InChI=1S/C20H23Cl2NO2/c1-13-11-18(12-14(2)19(13)22)25-15(3)20(24)23-10-4-5-16-6-8-17(21)9-7-16/h6-9,11-12,15H,4-5,10H2,1-3H3,(H,23,24)/t15-/m1/s1. The van der Waals surface area contributed by atoms with Crippen LogP contribution in [0.3, 0.4) is 0 Å². The number of ether oxygens (including phenoxy) is 1. The second kappa shape index (κ2) is 9.12. The Morgan fingerprint density at radius 1 is 1.12 bits per heavy atom. The molecule has 0 aliphatic heterocycles. The molecule has 2 aromatic rings. The van der Waals surface area contributed by atoms with Crippen LogP contribution in [0.4, 0.5) is 0 Å². The highest BCUT2D eigenvalue weighted by atomic mass is 35.5. The fourth-order valence-electron chi connectivity index (χ4n) is 2.53. The zero-order valence-corrected chi connectivity index (χ0v) is 16.2. The van der Waals surface area contributed by atoms with Crippen LogP contribution in [-0.4, -0.2) is 18.6 Å². The topological polar surface area (TPSA) is 38.3 Å². The maximum Gasteiger partial charge on any atom is 0.260 e. The number of halogens is 2. The third kappa shape index (κ3) is 5.94. The second-order valence-corrected chi connectivity index (χ2v) is 6.97. The summed E-state index contributed by atoms with van der Waals surface area (Å²) < 4.78 is 5.74. The normalized spacial score (nSPS) is 11.9. The molecule has 0 unspecified atom stereocenters. The number of nitrogens with one attached hydrogen (secondary N) is 1. The zero-order valence-electron chi connectivity index (χ0n) is 14.7. The molecule has 0 bridgehead atoms. The van der Waals surface area contributed by atoms with Gasteiger partial charge in [0.05, 0.1) is 0 Å². The summed E-state index contributed by atoms with van der Waals surface area (Å²) in [5, 5.41) is 4.37. The summed E-state index contributed by atoms with van der Waals surface area (Å²) in [6, 6.07) is 11.4. The number of rotatable bonds is 7. The molecule has 0 fully saturated rings. The van der Waals surface area contributed by atoms with Crippen LogP contribution in [0.5, 0.6) is 5.75 Å². The highest BCUT2D eigenvalue weighted by molar-refractivity contribution is 6.32. The highest BCUT2D eigenvalue weighted by Gasteiger charge is 2.15. The van der Waals surface area contributed by atoms with Gasteiger partial charge in [-0.3, -0.25) is 4.79 Å². The number of amides is 1. The minimum Gasteiger partial charge on any atom is -0.481 e. The van der Waals surface area contributed by atoms with Crippen molar-refractivity contribution in [3.05, 3.63) is 63.1 Å². The van der Waals surface area contributed by atoms with E-state index in [4.69, 9.17) is 27.9 Å². The molecule has 0 saturated heterocycles. The Labute approximate surface area is 159 Å². The van der Waals surface area contributed by atoms with Gasteiger partial charge in [0.15, 0.2) is 6.10 Å². The van der Waals surface area contributed by atoms with Crippen molar-refractivity contribution >= 4 is 29.1 Å². The fraction of sp³-hybridized carbons (Fsp3) is 0.350. The Morgan fingerprint density at radius 2 is 1.72 bits per heavy atom. The van der Waals surface area contributed by atoms with Gasteiger partial charge in [0, 0.05) is 16.6 Å². The number of carbonyl (C=O) groups excluding carboxylic acids is 1. The lowest BCUT2D eigenvalue weighted by Crippen LogP contribution is -2.37. The minimum atomic E-state index is -0.560. The molecule has 0 radical (unpaired) electrons. The van der Waals surface area contributed by atoms with Gasteiger partial charge < -0.3 is 10.1 Å². The summed E-state index contributed by atoms with van der Waals surface area (Å²) >= 11 is 12.0. The van der Waals surface area contributed by atoms with E-state index in [0.29, 0.717) is 12.3 Å². The maximum atomic E-state index is 12.2. The zero-order chi connectivity index (χ0) is 18.4. The van der Waals surface area contributed by atoms with Crippen LogP contribution in [0.1, 0.15) is 30.0 Å². The van der Waals surface area contributed by atoms with E-state index in [2.05, 4.69) is 5.32 Å². The van der Waals surface area contributed by atoms with Crippen molar-refractivity contribution in [2.24, 2.45) is 0 Å². The Morgan fingerprint density at radius 3 is 2.32 bits per heavy atom. The first-order chi connectivity index (χ1) is 11.9. The lowest BCUT2D eigenvalue weighted by atomic mass is 10.1. The van der Waals surface area contributed by atoms with E-state index < -0.39 is 6.10 Å². The van der Waals surface area contributed by atoms with Crippen LogP contribution in [-0.2, 0) is 11.2 Å². The third-order valence-electron chi connectivity index (χ3n) is 3.95. The molecule has 3 nitrogen and oxygen atoms in total. The number of hydrogen-bond donors (Lipinski definition) is 1. The minimum absolute atomic E-state index is 0.124. The molecular formula is C20H23Cl2NO2. The van der Waals surface area contributed by atoms with Crippen LogP contribution >= 0.6 is 23.2 Å². The van der Waals surface area contributed by atoms with Gasteiger partial charge in [-0.05, 0) is 74.6 Å². The van der Waals surface area contributed by atoms with E-state index in [9.17, 15) is 4.79 Å². The van der Waals surface area contributed by atoms with Gasteiger partial charge in [0.2, 0.25) is 0 Å². The van der Waals surface area contributed by atoms with Crippen LogP contribution in [0, 0.1) is 13.8 Å². The number of carbonyl (C=O) groups is 1. The van der Waals surface area contributed by atoms with Gasteiger partial charge in [0.25, 0.3) is 5.91 Å². The van der Waals surface area contributed by atoms with Crippen molar-refractivity contribution in [2.75, 3.05) is 6.54 Å². The van der Waals surface area contributed by atoms with E-state index >= 15 is 0 Å². The summed E-state index contributed by atoms with van der Waals surface area (Å²) in [5.74, 6) is 0.532. The number of hydrogen-bond acceptors (Lipinski definition) is 2. The lowest BCUT2D eigenvalue weighted by Gasteiger charge is -2.16. The van der Waals surface area contributed by atoms with Gasteiger partial charge >= 0.3 is 0 Å². The Hall–Kier alpha value is -1.71.